The van der Waals surface area contributed by atoms with E-state index in [1.54, 1.807) is 12.1 Å². The van der Waals surface area contributed by atoms with E-state index in [0.29, 0.717) is 11.0 Å². The van der Waals surface area contributed by atoms with Gasteiger partial charge in [-0.05, 0) is 71.6 Å². The molecule has 1 saturated carbocycles. The van der Waals surface area contributed by atoms with Gasteiger partial charge in [-0.25, -0.2) is 4.39 Å². The van der Waals surface area contributed by atoms with Crippen LogP contribution >= 0.6 is 15.9 Å². The van der Waals surface area contributed by atoms with Crippen LogP contribution in [0.1, 0.15) is 39.5 Å². The van der Waals surface area contributed by atoms with Crippen molar-refractivity contribution < 1.29 is 4.39 Å². The molecule has 0 unspecified atom stereocenters. The lowest BCUT2D eigenvalue weighted by Crippen LogP contribution is -2.48. The summed E-state index contributed by atoms with van der Waals surface area (Å²) >= 11 is 3.23. The van der Waals surface area contributed by atoms with E-state index in [1.807, 2.05) is 0 Å². The number of nitrogens with two attached hydrogens (primary N) is 1. The van der Waals surface area contributed by atoms with Gasteiger partial charge < -0.3 is 11.1 Å². The predicted molar refractivity (Wildman–Crippen MR) is 86.3 cm³/mol. The summed E-state index contributed by atoms with van der Waals surface area (Å²) in [7, 11) is 0. The second-order valence-electron chi connectivity index (χ2n) is 6.32. The van der Waals surface area contributed by atoms with E-state index in [9.17, 15) is 4.39 Å². The van der Waals surface area contributed by atoms with Crippen molar-refractivity contribution in [3.63, 3.8) is 0 Å². The average molecular weight is 343 g/mol. The van der Waals surface area contributed by atoms with Gasteiger partial charge in [0.2, 0.25) is 0 Å². The third-order valence-corrected chi connectivity index (χ3v) is 5.26. The van der Waals surface area contributed by atoms with Crippen molar-refractivity contribution in [1.29, 1.82) is 0 Å². The summed E-state index contributed by atoms with van der Waals surface area (Å²) in [4.78, 5) is 0. The molecule has 0 saturated heterocycles. The Morgan fingerprint density at radius 1 is 1.40 bits per heavy atom. The maximum Gasteiger partial charge on any atom is 0.137 e. The molecule has 2 rings (SSSR count). The van der Waals surface area contributed by atoms with E-state index in [-0.39, 0.29) is 11.4 Å². The summed E-state index contributed by atoms with van der Waals surface area (Å²) in [6.07, 6.45) is 4.59. The highest BCUT2D eigenvalue weighted by Gasteiger charge is 2.34. The number of halogens is 2. The molecule has 2 nitrogen and oxygen atoms in total. The standard InChI is InChI=1S/C16H24BrFN2/c1-11(2)12-5-7-16(10-19,8-6-12)20-13-3-4-15(18)14(17)9-13/h3-4,9,11-12,20H,5-8,10,19H2,1-2H3. The molecule has 112 valence electrons. The Morgan fingerprint density at radius 3 is 2.55 bits per heavy atom. The third-order valence-electron chi connectivity index (χ3n) is 4.65. The van der Waals surface area contributed by atoms with Gasteiger partial charge in [-0.15, -0.1) is 0 Å². The fraction of sp³-hybridized carbons (Fsp3) is 0.625. The average Bonchev–Trinajstić information content (AvgIpc) is 2.43. The van der Waals surface area contributed by atoms with Gasteiger partial charge in [0.1, 0.15) is 5.82 Å². The summed E-state index contributed by atoms with van der Waals surface area (Å²) < 4.78 is 13.8. The molecule has 0 aliphatic heterocycles. The molecule has 1 aliphatic rings. The molecule has 1 aliphatic carbocycles. The van der Waals surface area contributed by atoms with Gasteiger partial charge in [-0.2, -0.15) is 0 Å². The topological polar surface area (TPSA) is 38.0 Å². The van der Waals surface area contributed by atoms with Crippen LogP contribution in [0.3, 0.4) is 0 Å². The lowest BCUT2D eigenvalue weighted by Gasteiger charge is -2.42. The highest BCUT2D eigenvalue weighted by molar-refractivity contribution is 9.10. The predicted octanol–water partition coefficient (Wildman–Crippen LogP) is 4.54. The Kier molecular flexibility index (Phi) is 5.08. The number of rotatable bonds is 4. The lowest BCUT2D eigenvalue weighted by molar-refractivity contribution is 0.213. The molecule has 4 heteroatoms. The monoisotopic (exact) mass is 342 g/mol. The molecule has 1 fully saturated rings. The zero-order chi connectivity index (χ0) is 14.8. The quantitative estimate of drug-likeness (QED) is 0.842. The summed E-state index contributed by atoms with van der Waals surface area (Å²) in [5.74, 6) is 1.31. The molecule has 0 spiro atoms. The summed E-state index contributed by atoms with van der Waals surface area (Å²) in [5, 5.41) is 3.55. The Bertz CT molecular complexity index is 454. The van der Waals surface area contributed by atoms with Crippen molar-refractivity contribution in [2.24, 2.45) is 17.6 Å². The second-order valence-corrected chi connectivity index (χ2v) is 7.17. The van der Waals surface area contributed by atoms with Crippen LogP contribution in [-0.2, 0) is 0 Å². The molecule has 0 bridgehead atoms. The Labute approximate surface area is 129 Å². The number of nitrogens with one attached hydrogen (secondary N) is 1. The van der Waals surface area contributed by atoms with Crippen molar-refractivity contribution in [3.8, 4) is 0 Å². The second kappa shape index (κ2) is 6.44. The Balaban J connectivity index is 2.07. The Morgan fingerprint density at radius 2 is 2.05 bits per heavy atom. The normalized spacial score (nSPS) is 26.8. The van der Waals surface area contributed by atoms with Crippen LogP contribution in [-0.4, -0.2) is 12.1 Å². The maximum absolute atomic E-state index is 13.3. The van der Waals surface area contributed by atoms with Crippen LogP contribution in [0.2, 0.25) is 0 Å². The van der Waals surface area contributed by atoms with Crippen molar-refractivity contribution in [2.75, 3.05) is 11.9 Å². The highest BCUT2D eigenvalue weighted by atomic mass is 79.9. The minimum absolute atomic E-state index is 0.0390. The van der Waals surface area contributed by atoms with Crippen molar-refractivity contribution in [2.45, 2.75) is 45.1 Å². The highest BCUT2D eigenvalue weighted by Crippen LogP contribution is 2.37. The van der Waals surface area contributed by atoms with Gasteiger partial charge in [0, 0.05) is 17.8 Å². The van der Waals surface area contributed by atoms with Gasteiger partial charge in [0.05, 0.1) is 4.47 Å². The third kappa shape index (κ3) is 3.53. The van der Waals surface area contributed by atoms with E-state index in [1.165, 1.54) is 18.9 Å². The van der Waals surface area contributed by atoms with Gasteiger partial charge >= 0.3 is 0 Å². The lowest BCUT2D eigenvalue weighted by atomic mass is 9.72. The van der Waals surface area contributed by atoms with E-state index in [4.69, 9.17) is 5.73 Å². The largest absolute Gasteiger partial charge is 0.378 e. The molecular weight excluding hydrogens is 319 g/mol. The van der Waals surface area contributed by atoms with Crippen molar-refractivity contribution >= 4 is 21.6 Å². The summed E-state index contributed by atoms with van der Waals surface area (Å²) in [5.41, 5.74) is 6.93. The first-order valence-electron chi connectivity index (χ1n) is 7.39. The first-order valence-corrected chi connectivity index (χ1v) is 8.18. The molecule has 0 atom stereocenters. The molecule has 1 aromatic carbocycles. The van der Waals surface area contributed by atoms with Crippen LogP contribution < -0.4 is 11.1 Å². The first-order chi connectivity index (χ1) is 9.46. The first kappa shape index (κ1) is 15.8. The molecule has 0 radical (unpaired) electrons. The van der Waals surface area contributed by atoms with Crippen LogP contribution in [0.25, 0.3) is 0 Å². The van der Waals surface area contributed by atoms with E-state index in [0.717, 1.165) is 30.4 Å². The van der Waals surface area contributed by atoms with Crippen LogP contribution in [0, 0.1) is 17.7 Å². The number of hydrogen-bond donors (Lipinski definition) is 2. The maximum atomic E-state index is 13.3. The minimum atomic E-state index is -0.235. The van der Waals surface area contributed by atoms with E-state index < -0.39 is 0 Å². The number of benzene rings is 1. The van der Waals surface area contributed by atoms with Gasteiger partial charge in [-0.1, -0.05) is 13.8 Å². The summed E-state index contributed by atoms with van der Waals surface area (Å²) in [6.45, 7) is 5.21. The molecule has 20 heavy (non-hydrogen) atoms. The molecular formula is C16H24BrFN2. The number of anilines is 1. The van der Waals surface area contributed by atoms with Gasteiger partial charge in [-0.3, -0.25) is 0 Å². The zero-order valence-electron chi connectivity index (χ0n) is 12.3. The van der Waals surface area contributed by atoms with Gasteiger partial charge in [0.15, 0.2) is 0 Å². The van der Waals surface area contributed by atoms with Crippen LogP contribution in [0.4, 0.5) is 10.1 Å². The molecule has 0 aromatic heterocycles. The minimum Gasteiger partial charge on any atom is -0.378 e. The van der Waals surface area contributed by atoms with Crippen molar-refractivity contribution in [3.05, 3.63) is 28.5 Å². The fourth-order valence-electron chi connectivity index (χ4n) is 3.12. The molecule has 3 N–H and O–H groups in total. The SMILES string of the molecule is CC(C)C1CCC(CN)(Nc2ccc(F)c(Br)c2)CC1. The van der Waals surface area contributed by atoms with Gasteiger partial charge in [0.25, 0.3) is 0 Å². The van der Waals surface area contributed by atoms with E-state index in [2.05, 4.69) is 35.1 Å². The van der Waals surface area contributed by atoms with Crippen LogP contribution in [0.15, 0.2) is 22.7 Å². The molecule has 0 heterocycles. The zero-order valence-corrected chi connectivity index (χ0v) is 13.8. The molecule has 1 aromatic rings. The smallest absolute Gasteiger partial charge is 0.137 e. The molecule has 0 amide bonds. The van der Waals surface area contributed by atoms with E-state index >= 15 is 0 Å². The summed E-state index contributed by atoms with van der Waals surface area (Å²) in [6, 6.07) is 5.06. The fourth-order valence-corrected chi connectivity index (χ4v) is 3.50. The Hall–Kier alpha value is -0.610. The number of hydrogen-bond acceptors (Lipinski definition) is 2. The van der Waals surface area contributed by atoms with Crippen LogP contribution in [0.5, 0.6) is 0 Å². The van der Waals surface area contributed by atoms with Crippen molar-refractivity contribution in [1.82, 2.24) is 0 Å².